The second kappa shape index (κ2) is 14.7. The fourth-order valence-electron chi connectivity index (χ4n) is 2.81. The van der Waals surface area contributed by atoms with Gasteiger partial charge in [0.05, 0.1) is 12.8 Å². The Bertz CT molecular complexity index is 730. The van der Waals surface area contributed by atoms with Crippen molar-refractivity contribution in [3.63, 3.8) is 0 Å². The highest BCUT2D eigenvalue weighted by molar-refractivity contribution is 8.13. The molecule has 5 heteroatoms. The third kappa shape index (κ3) is 10.7. The van der Waals surface area contributed by atoms with Gasteiger partial charge >= 0.3 is 0 Å². The molecule has 0 heterocycles. The summed E-state index contributed by atoms with van der Waals surface area (Å²) in [6.45, 7) is 3.03. The molecule has 0 saturated heterocycles. The highest BCUT2D eigenvalue weighted by atomic mass is 32.2. The highest BCUT2D eigenvalue weighted by Crippen LogP contribution is 2.14. The monoisotopic (exact) mass is 411 g/mol. The van der Waals surface area contributed by atoms with E-state index in [0.717, 1.165) is 30.1 Å². The minimum atomic E-state index is 0.458. The molecule has 0 aliphatic rings. The second-order valence-electron chi connectivity index (χ2n) is 7.00. The normalized spacial score (nSPS) is 11.8. The van der Waals surface area contributed by atoms with E-state index in [4.69, 9.17) is 10.5 Å². The summed E-state index contributed by atoms with van der Waals surface area (Å²) >= 11 is 1.48. The molecule has 0 aliphatic carbocycles. The fraction of sp³-hybridized carbons (Fsp3) is 0.417. The molecule has 0 bridgehead atoms. The van der Waals surface area contributed by atoms with E-state index >= 15 is 0 Å². The molecule has 0 unspecified atom stereocenters. The lowest BCUT2D eigenvalue weighted by Crippen LogP contribution is -2.05. The van der Waals surface area contributed by atoms with Crippen LogP contribution in [-0.4, -0.2) is 18.0 Å². The Kier molecular flexibility index (Phi) is 11.7. The van der Waals surface area contributed by atoms with Gasteiger partial charge in [0.2, 0.25) is 0 Å². The largest absolute Gasteiger partial charge is 0.494 e. The van der Waals surface area contributed by atoms with E-state index < -0.39 is 0 Å². The van der Waals surface area contributed by atoms with Gasteiger partial charge in [-0.25, -0.2) is 0 Å². The molecular formula is C24H33N3OS. The third-order valence-electron chi connectivity index (χ3n) is 4.49. The number of nitrogens with zero attached hydrogens (tertiary/aromatic N) is 2. The van der Waals surface area contributed by atoms with Gasteiger partial charge in [0.1, 0.15) is 5.75 Å². The molecule has 0 atom stereocenters. The zero-order valence-corrected chi connectivity index (χ0v) is 18.2. The first kappa shape index (κ1) is 23.0. The predicted molar refractivity (Wildman–Crippen MR) is 127 cm³/mol. The summed E-state index contributed by atoms with van der Waals surface area (Å²) < 4.78 is 5.81. The SMILES string of the molecule is CCCCCCCCCOc1ccc(C=NN=C(N)SCc2ccccc2)cc1. The standard InChI is InChI=1S/C24H33N3OS/c1-2-3-4-5-6-7-11-18-28-23-16-14-21(15-17-23)19-26-27-24(25)29-20-22-12-9-8-10-13-22/h8-10,12-17,19H,2-7,11,18,20H2,1H3,(H2,25,27). The highest BCUT2D eigenvalue weighted by Gasteiger charge is 1.97. The molecule has 29 heavy (non-hydrogen) atoms. The molecule has 0 amide bonds. The summed E-state index contributed by atoms with van der Waals surface area (Å²) in [6, 6.07) is 18.1. The zero-order valence-electron chi connectivity index (χ0n) is 17.4. The van der Waals surface area contributed by atoms with Crippen LogP contribution in [0, 0.1) is 0 Å². The summed E-state index contributed by atoms with van der Waals surface area (Å²) in [6.07, 6.45) is 10.7. The van der Waals surface area contributed by atoms with E-state index in [0.29, 0.717) is 5.17 Å². The molecule has 0 fully saturated rings. The van der Waals surface area contributed by atoms with Crippen LogP contribution in [0.5, 0.6) is 5.75 Å². The van der Waals surface area contributed by atoms with E-state index in [9.17, 15) is 0 Å². The van der Waals surface area contributed by atoms with E-state index in [1.807, 2.05) is 42.5 Å². The molecule has 2 aromatic rings. The quantitative estimate of drug-likeness (QED) is 0.180. The summed E-state index contributed by atoms with van der Waals surface area (Å²) in [5, 5.41) is 8.58. The van der Waals surface area contributed by atoms with E-state index in [-0.39, 0.29) is 0 Å². The first-order valence-corrected chi connectivity index (χ1v) is 11.5. The van der Waals surface area contributed by atoms with Crippen LogP contribution in [0.15, 0.2) is 64.8 Å². The van der Waals surface area contributed by atoms with Crippen LogP contribution in [0.25, 0.3) is 0 Å². The zero-order chi connectivity index (χ0) is 20.6. The molecule has 0 radical (unpaired) electrons. The Balaban J connectivity index is 1.63. The van der Waals surface area contributed by atoms with Crippen LogP contribution in [0.4, 0.5) is 0 Å². The van der Waals surface area contributed by atoms with Crippen molar-refractivity contribution in [2.45, 2.75) is 57.6 Å². The summed E-state index contributed by atoms with van der Waals surface area (Å²) in [4.78, 5) is 0. The Morgan fingerprint density at radius 1 is 0.931 bits per heavy atom. The van der Waals surface area contributed by atoms with Crippen molar-refractivity contribution in [1.82, 2.24) is 0 Å². The number of amidine groups is 1. The van der Waals surface area contributed by atoms with Crippen molar-refractivity contribution >= 4 is 23.1 Å². The second-order valence-corrected chi connectivity index (χ2v) is 7.99. The van der Waals surface area contributed by atoms with Crippen molar-refractivity contribution in [3.8, 4) is 5.75 Å². The van der Waals surface area contributed by atoms with Crippen molar-refractivity contribution in [1.29, 1.82) is 0 Å². The Morgan fingerprint density at radius 3 is 2.34 bits per heavy atom. The third-order valence-corrected chi connectivity index (χ3v) is 5.34. The smallest absolute Gasteiger partial charge is 0.180 e. The van der Waals surface area contributed by atoms with Crippen LogP contribution in [0.2, 0.25) is 0 Å². The van der Waals surface area contributed by atoms with Gasteiger partial charge in [0, 0.05) is 5.75 Å². The van der Waals surface area contributed by atoms with Gasteiger partial charge in [-0.3, -0.25) is 0 Å². The van der Waals surface area contributed by atoms with Crippen LogP contribution in [-0.2, 0) is 5.75 Å². The van der Waals surface area contributed by atoms with E-state index in [1.54, 1.807) is 6.21 Å². The lowest BCUT2D eigenvalue weighted by Gasteiger charge is -2.06. The molecule has 2 aromatic carbocycles. The number of ether oxygens (including phenoxy) is 1. The molecule has 0 aliphatic heterocycles. The van der Waals surface area contributed by atoms with Gasteiger partial charge in [0.25, 0.3) is 0 Å². The molecule has 0 spiro atoms. The lowest BCUT2D eigenvalue weighted by atomic mass is 10.1. The minimum Gasteiger partial charge on any atom is -0.494 e. The first-order valence-electron chi connectivity index (χ1n) is 10.5. The average molecular weight is 412 g/mol. The van der Waals surface area contributed by atoms with Crippen molar-refractivity contribution in [3.05, 3.63) is 65.7 Å². The van der Waals surface area contributed by atoms with Gasteiger partial charge in [-0.2, -0.15) is 5.10 Å². The molecule has 0 saturated carbocycles. The summed E-state index contributed by atoms with van der Waals surface area (Å²) in [7, 11) is 0. The number of rotatable bonds is 13. The van der Waals surface area contributed by atoms with Gasteiger partial charge in [-0.05, 0) is 41.8 Å². The molecule has 2 N–H and O–H groups in total. The number of hydrogen-bond donors (Lipinski definition) is 1. The maximum Gasteiger partial charge on any atom is 0.180 e. The number of unbranched alkanes of at least 4 members (excludes halogenated alkanes) is 6. The van der Waals surface area contributed by atoms with Crippen LogP contribution in [0.3, 0.4) is 0 Å². The van der Waals surface area contributed by atoms with E-state index in [1.165, 1.54) is 55.9 Å². The number of hydrogen-bond acceptors (Lipinski definition) is 4. The van der Waals surface area contributed by atoms with Crippen LogP contribution in [0.1, 0.15) is 63.0 Å². The topological polar surface area (TPSA) is 60.0 Å². The number of thioether (sulfide) groups is 1. The molecular weight excluding hydrogens is 378 g/mol. The van der Waals surface area contributed by atoms with Crippen molar-refractivity contribution in [2.75, 3.05) is 6.61 Å². The molecule has 2 rings (SSSR count). The van der Waals surface area contributed by atoms with Crippen molar-refractivity contribution < 1.29 is 4.74 Å². The fourth-order valence-corrected chi connectivity index (χ4v) is 3.42. The van der Waals surface area contributed by atoms with Gasteiger partial charge < -0.3 is 10.5 Å². The molecule has 156 valence electrons. The maximum absolute atomic E-state index is 5.90. The average Bonchev–Trinajstić information content (AvgIpc) is 2.76. The number of nitrogens with two attached hydrogens (primary N) is 1. The first-order chi connectivity index (χ1) is 14.3. The summed E-state index contributed by atoms with van der Waals surface area (Å²) in [5.41, 5.74) is 8.09. The van der Waals surface area contributed by atoms with Crippen LogP contribution < -0.4 is 10.5 Å². The van der Waals surface area contributed by atoms with Gasteiger partial charge in [-0.15, -0.1) is 5.10 Å². The predicted octanol–water partition coefficient (Wildman–Crippen LogP) is 6.40. The maximum atomic E-state index is 5.90. The Labute approximate surface area is 179 Å². The van der Waals surface area contributed by atoms with Crippen LogP contribution >= 0.6 is 11.8 Å². The minimum absolute atomic E-state index is 0.458. The number of benzene rings is 2. The van der Waals surface area contributed by atoms with E-state index in [2.05, 4.69) is 29.3 Å². The Hall–Kier alpha value is -2.27. The lowest BCUT2D eigenvalue weighted by molar-refractivity contribution is 0.304. The van der Waals surface area contributed by atoms with Gasteiger partial charge in [-0.1, -0.05) is 87.5 Å². The molecule has 0 aromatic heterocycles. The Morgan fingerprint density at radius 2 is 1.62 bits per heavy atom. The van der Waals surface area contributed by atoms with Gasteiger partial charge in [0.15, 0.2) is 5.17 Å². The molecule has 4 nitrogen and oxygen atoms in total. The summed E-state index contributed by atoms with van der Waals surface area (Å²) in [5.74, 6) is 1.69. The van der Waals surface area contributed by atoms with Crippen molar-refractivity contribution in [2.24, 2.45) is 15.9 Å².